The number of amides is 2. The van der Waals surface area contributed by atoms with Gasteiger partial charge in [0.15, 0.2) is 0 Å². The Morgan fingerprint density at radius 1 is 1.39 bits per heavy atom. The molecule has 0 aliphatic rings. The zero-order valence-corrected chi connectivity index (χ0v) is 9.87. The van der Waals surface area contributed by atoms with Crippen molar-refractivity contribution in [1.29, 1.82) is 0 Å². The fourth-order valence-electron chi connectivity index (χ4n) is 1.42. The molecule has 2 amide bonds. The summed E-state index contributed by atoms with van der Waals surface area (Å²) in [5.74, 6) is -0.345. The van der Waals surface area contributed by atoms with E-state index in [9.17, 15) is 9.18 Å². The summed E-state index contributed by atoms with van der Waals surface area (Å²) in [4.78, 5) is 11.5. The molecule has 0 spiro atoms. The predicted molar refractivity (Wildman–Crippen MR) is 65.7 cm³/mol. The zero-order chi connectivity index (χ0) is 13.0. The van der Waals surface area contributed by atoms with Crippen molar-refractivity contribution in [2.45, 2.75) is 13.5 Å². The molecule has 0 saturated carbocycles. The number of hydrogen-bond acceptors (Lipinski definition) is 2. The van der Waals surface area contributed by atoms with E-state index in [1.165, 1.54) is 12.3 Å². The Morgan fingerprint density at radius 2 is 2.22 bits per heavy atom. The average molecular weight is 248 g/mol. The van der Waals surface area contributed by atoms with Gasteiger partial charge in [-0.25, -0.2) is 9.18 Å². The third-order valence-electron chi connectivity index (χ3n) is 2.46. The number of urea groups is 1. The maximum atomic E-state index is 13.3. The Kier molecular flexibility index (Phi) is 3.62. The normalized spacial score (nSPS) is 10.1. The molecule has 0 saturated heterocycles. The van der Waals surface area contributed by atoms with Gasteiger partial charge < -0.3 is 15.1 Å². The fraction of sp³-hybridized carbons (Fsp3) is 0.154. The summed E-state index contributed by atoms with van der Waals surface area (Å²) < 4.78 is 18.1. The molecule has 1 aromatic heterocycles. The lowest BCUT2D eigenvalue weighted by Crippen LogP contribution is -2.28. The highest BCUT2D eigenvalue weighted by Gasteiger charge is 2.04. The lowest BCUT2D eigenvalue weighted by atomic mass is 10.2. The number of carbonyl (C=O) groups excluding carboxylic acids is 1. The van der Waals surface area contributed by atoms with Gasteiger partial charge in [-0.3, -0.25) is 0 Å². The van der Waals surface area contributed by atoms with Crippen molar-refractivity contribution in [3.05, 3.63) is 53.7 Å². The molecule has 4 nitrogen and oxygen atoms in total. The second-order valence-corrected chi connectivity index (χ2v) is 3.90. The molecule has 0 bridgehead atoms. The molecule has 2 rings (SSSR count). The number of halogens is 1. The molecular formula is C13H13FN2O2. The first-order chi connectivity index (χ1) is 8.65. The maximum Gasteiger partial charge on any atom is 0.319 e. The van der Waals surface area contributed by atoms with E-state index in [1.807, 2.05) is 0 Å². The Labute approximate surface area is 104 Å². The Morgan fingerprint density at radius 3 is 2.89 bits per heavy atom. The van der Waals surface area contributed by atoms with E-state index in [2.05, 4.69) is 10.6 Å². The number of rotatable bonds is 3. The number of hydrogen-bond donors (Lipinski definition) is 2. The van der Waals surface area contributed by atoms with Crippen LogP contribution in [0.4, 0.5) is 14.9 Å². The summed E-state index contributed by atoms with van der Waals surface area (Å²) in [5.41, 5.74) is 1.82. The van der Waals surface area contributed by atoms with Crippen LogP contribution in [0.15, 0.2) is 41.2 Å². The quantitative estimate of drug-likeness (QED) is 0.877. The van der Waals surface area contributed by atoms with Crippen molar-refractivity contribution in [3.63, 3.8) is 0 Å². The minimum atomic E-state index is -0.389. The smallest absolute Gasteiger partial charge is 0.319 e. The SMILES string of the molecule is Cc1ccc(NC(=O)NCc2ccoc2)cc1F. The van der Waals surface area contributed by atoms with Gasteiger partial charge >= 0.3 is 6.03 Å². The van der Waals surface area contributed by atoms with Crippen LogP contribution in [0, 0.1) is 12.7 Å². The largest absolute Gasteiger partial charge is 0.472 e. The van der Waals surface area contributed by atoms with Crippen molar-refractivity contribution in [3.8, 4) is 0 Å². The van der Waals surface area contributed by atoms with Gasteiger partial charge in [0.05, 0.1) is 12.5 Å². The van der Waals surface area contributed by atoms with Crippen LogP contribution in [-0.2, 0) is 6.54 Å². The molecular weight excluding hydrogens is 235 g/mol. The van der Waals surface area contributed by atoms with Crippen LogP contribution in [0.1, 0.15) is 11.1 Å². The van der Waals surface area contributed by atoms with Gasteiger partial charge in [-0.1, -0.05) is 6.07 Å². The van der Waals surface area contributed by atoms with Crippen LogP contribution in [0.2, 0.25) is 0 Å². The topological polar surface area (TPSA) is 54.3 Å². The monoisotopic (exact) mass is 248 g/mol. The van der Waals surface area contributed by atoms with Crippen LogP contribution in [0.25, 0.3) is 0 Å². The second kappa shape index (κ2) is 5.35. The van der Waals surface area contributed by atoms with Crippen molar-refractivity contribution in [2.24, 2.45) is 0 Å². The molecule has 0 radical (unpaired) electrons. The van der Waals surface area contributed by atoms with Gasteiger partial charge in [-0.05, 0) is 30.7 Å². The van der Waals surface area contributed by atoms with Gasteiger partial charge in [0, 0.05) is 17.8 Å². The molecule has 1 aromatic carbocycles. The molecule has 0 aliphatic carbocycles. The summed E-state index contributed by atoms with van der Waals surface area (Å²) in [5, 5.41) is 5.19. The highest BCUT2D eigenvalue weighted by atomic mass is 19.1. The highest BCUT2D eigenvalue weighted by Crippen LogP contribution is 2.13. The van der Waals surface area contributed by atoms with Gasteiger partial charge in [-0.2, -0.15) is 0 Å². The molecule has 2 N–H and O–H groups in total. The molecule has 94 valence electrons. The molecule has 0 unspecified atom stereocenters. The van der Waals surface area contributed by atoms with E-state index >= 15 is 0 Å². The lowest BCUT2D eigenvalue weighted by Gasteiger charge is -2.07. The Bertz CT molecular complexity index is 538. The van der Waals surface area contributed by atoms with Crippen LogP contribution in [-0.4, -0.2) is 6.03 Å². The van der Waals surface area contributed by atoms with E-state index in [0.717, 1.165) is 5.56 Å². The molecule has 1 heterocycles. The Balaban J connectivity index is 1.88. The second-order valence-electron chi connectivity index (χ2n) is 3.90. The first kappa shape index (κ1) is 12.2. The highest BCUT2D eigenvalue weighted by molar-refractivity contribution is 5.89. The standard InChI is InChI=1S/C13H13FN2O2/c1-9-2-3-11(6-12(9)14)16-13(17)15-7-10-4-5-18-8-10/h2-6,8H,7H2,1H3,(H2,15,16,17). The van der Waals surface area contributed by atoms with Gasteiger partial charge in [-0.15, -0.1) is 0 Å². The average Bonchev–Trinajstić information content (AvgIpc) is 2.84. The van der Waals surface area contributed by atoms with E-state index in [1.54, 1.807) is 31.4 Å². The minimum absolute atomic E-state index is 0.345. The fourth-order valence-corrected chi connectivity index (χ4v) is 1.42. The van der Waals surface area contributed by atoms with E-state index < -0.39 is 0 Å². The molecule has 5 heteroatoms. The molecule has 18 heavy (non-hydrogen) atoms. The number of aryl methyl sites for hydroxylation is 1. The number of anilines is 1. The first-order valence-electron chi connectivity index (χ1n) is 5.47. The van der Waals surface area contributed by atoms with Crippen LogP contribution < -0.4 is 10.6 Å². The Hall–Kier alpha value is -2.30. The summed E-state index contributed by atoms with van der Waals surface area (Å²) in [6.45, 7) is 2.02. The third kappa shape index (κ3) is 3.10. The van der Waals surface area contributed by atoms with Crippen molar-refractivity contribution in [2.75, 3.05) is 5.32 Å². The summed E-state index contributed by atoms with van der Waals surface area (Å²) in [7, 11) is 0. The van der Waals surface area contributed by atoms with E-state index in [-0.39, 0.29) is 11.8 Å². The first-order valence-corrected chi connectivity index (χ1v) is 5.47. The van der Waals surface area contributed by atoms with Gasteiger partial charge in [0.1, 0.15) is 5.82 Å². The zero-order valence-electron chi connectivity index (χ0n) is 9.87. The van der Waals surface area contributed by atoms with Gasteiger partial charge in [0.2, 0.25) is 0 Å². The molecule has 0 atom stereocenters. The molecule has 0 aliphatic heterocycles. The van der Waals surface area contributed by atoms with Crippen LogP contribution in [0.3, 0.4) is 0 Å². The summed E-state index contributed by atoms with van der Waals surface area (Å²) in [6, 6.07) is 5.91. The van der Waals surface area contributed by atoms with E-state index in [0.29, 0.717) is 17.8 Å². The van der Waals surface area contributed by atoms with Crippen molar-refractivity contribution < 1.29 is 13.6 Å². The maximum absolute atomic E-state index is 13.3. The van der Waals surface area contributed by atoms with Crippen molar-refractivity contribution >= 4 is 11.7 Å². The van der Waals surface area contributed by atoms with Crippen molar-refractivity contribution in [1.82, 2.24) is 5.32 Å². The number of furan rings is 1. The van der Waals surface area contributed by atoms with Crippen LogP contribution in [0.5, 0.6) is 0 Å². The summed E-state index contributed by atoms with van der Waals surface area (Å²) in [6.07, 6.45) is 3.08. The van der Waals surface area contributed by atoms with Gasteiger partial charge in [0.25, 0.3) is 0 Å². The molecule has 2 aromatic rings. The predicted octanol–water partition coefficient (Wildman–Crippen LogP) is 3.05. The number of carbonyl (C=O) groups is 1. The van der Waals surface area contributed by atoms with Crippen LogP contribution >= 0.6 is 0 Å². The minimum Gasteiger partial charge on any atom is -0.472 e. The lowest BCUT2D eigenvalue weighted by molar-refractivity contribution is 0.251. The third-order valence-corrected chi connectivity index (χ3v) is 2.46. The van der Waals surface area contributed by atoms with E-state index in [4.69, 9.17) is 4.42 Å². The number of benzene rings is 1. The number of nitrogens with one attached hydrogen (secondary N) is 2. The summed E-state index contributed by atoms with van der Waals surface area (Å²) >= 11 is 0. The molecule has 0 fully saturated rings.